The van der Waals surface area contributed by atoms with Crippen LogP contribution in [0.15, 0.2) is 29.4 Å². The van der Waals surface area contributed by atoms with Gasteiger partial charge in [0.05, 0.1) is 16.6 Å². The molecule has 0 bridgehead atoms. The highest BCUT2D eigenvalue weighted by molar-refractivity contribution is 8.00. The van der Waals surface area contributed by atoms with Gasteiger partial charge in [0.2, 0.25) is 17.7 Å². The highest BCUT2D eigenvalue weighted by Crippen LogP contribution is 2.32. The molecule has 0 fully saturated rings. The zero-order chi connectivity index (χ0) is 20.3. The van der Waals surface area contributed by atoms with Crippen molar-refractivity contribution in [2.45, 2.75) is 43.6 Å². The number of aryl methyl sites for hydroxylation is 1. The number of nitrogens with one attached hydrogen (secondary N) is 1. The number of carbonyl (C=O) groups is 3. The number of amides is 3. The van der Waals surface area contributed by atoms with Crippen molar-refractivity contribution in [3.05, 3.63) is 30.1 Å². The van der Waals surface area contributed by atoms with E-state index in [4.69, 9.17) is 5.73 Å². The van der Waals surface area contributed by atoms with Crippen LogP contribution in [-0.4, -0.2) is 44.3 Å². The summed E-state index contributed by atoms with van der Waals surface area (Å²) in [7, 11) is 0. The first-order chi connectivity index (χ1) is 13.4. The van der Waals surface area contributed by atoms with Gasteiger partial charge in [-0.25, -0.2) is 0 Å². The third-order valence-corrected chi connectivity index (χ3v) is 5.44. The fourth-order valence-electron chi connectivity index (χ4n) is 3.00. The molecule has 1 atom stereocenters. The smallest absolute Gasteiger partial charge is 0.244 e. The maximum atomic E-state index is 13.0. The zero-order valence-corrected chi connectivity index (χ0v) is 16.5. The van der Waals surface area contributed by atoms with Crippen LogP contribution in [0.3, 0.4) is 0 Å². The SMILES string of the molecule is CCn1c(CCC(N)=O)nnc1S[C@@H](C)C(=O)N1CC(=O)Nc2ccccc21. The summed E-state index contributed by atoms with van der Waals surface area (Å²) in [6, 6.07) is 7.21. The summed E-state index contributed by atoms with van der Waals surface area (Å²) < 4.78 is 1.87. The van der Waals surface area contributed by atoms with Crippen molar-refractivity contribution in [3.8, 4) is 0 Å². The van der Waals surface area contributed by atoms with Crippen molar-refractivity contribution in [3.63, 3.8) is 0 Å². The molecule has 0 unspecified atom stereocenters. The lowest BCUT2D eigenvalue weighted by Crippen LogP contribution is -2.45. The number of hydrogen-bond acceptors (Lipinski definition) is 6. The van der Waals surface area contributed by atoms with Gasteiger partial charge in [-0.3, -0.25) is 19.3 Å². The summed E-state index contributed by atoms with van der Waals surface area (Å²) >= 11 is 1.28. The van der Waals surface area contributed by atoms with Crippen LogP contribution in [0.5, 0.6) is 0 Å². The van der Waals surface area contributed by atoms with Gasteiger partial charge in [-0.2, -0.15) is 0 Å². The van der Waals surface area contributed by atoms with Gasteiger partial charge in [0.15, 0.2) is 5.16 Å². The first-order valence-corrected chi connectivity index (χ1v) is 9.86. The van der Waals surface area contributed by atoms with Gasteiger partial charge >= 0.3 is 0 Å². The number of anilines is 2. The van der Waals surface area contributed by atoms with Gasteiger partial charge in [0, 0.05) is 19.4 Å². The van der Waals surface area contributed by atoms with Crippen LogP contribution in [0.2, 0.25) is 0 Å². The molecule has 1 aliphatic rings. The predicted molar refractivity (Wildman–Crippen MR) is 106 cm³/mol. The lowest BCUT2D eigenvalue weighted by molar-refractivity contribution is -0.121. The average Bonchev–Trinajstić information content (AvgIpc) is 3.06. The summed E-state index contributed by atoms with van der Waals surface area (Å²) in [5, 5.41) is 11.2. The summed E-state index contributed by atoms with van der Waals surface area (Å²) in [6.45, 7) is 4.31. The second-order valence-corrected chi connectivity index (χ2v) is 7.67. The molecule has 0 radical (unpaired) electrons. The van der Waals surface area contributed by atoms with Gasteiger partial charge in [-0.05, 0) is 26.0 Å². The molecular weight excluding hydrogens is 380 g/mol. The summed E-state index contributed by atoms with van der Waals surface area (Å²) in [5.74, 6) is -0.150. The van der Waals surface area contributed by atoms with Crippen molar-refractivity contribution in [2.24, 2.45) is 5.73 Å². The largest absolute Gasteiger partial charge is 0.370 e. The van der Waals surface area contributed by atoms with Gasteiger partial charge in [-0.1, -0.05) is 23.9 Å². The second-order valence-electron chi connectivity index (χ2n) is 6.36. The minimum Gasteiger partial charge on any atom is -0.370 e. The molecule has 1 aromatic heterocycles. The monoisotopic (exact) mass is 402 g/mol. The van der Waals surface area contributed by atoms with Crippen molar-refractivity contribution >= 4 is 40.9 Å². The van der Waals surface area contributed by atoms with Gasteiger partial charge < -0.3 is 15.6 Å². The van der Waals surface area contributed by atoms with E-state index in [9.17, 15) is 14.4 Å². The van der Waals surface area contributed by atoms with E-state index >= 15 is 0 Å². The fraction of sp³-hybridized carbons (Fsp3) is 0.389. The first-order valence-electron chi connectivity index (χ1n) is 8.98. The highest BCUT2D eigenvalue weighted by atomic mass is 32.2. The maximum Gasteiger partial charge on any atom is 0.244 e. The summed E-state index contributed by atoms with van der Waals surface area (Å²) in [5.41, 5.74) is 6.51. The number of carbonyl (C=O) groups excluding carboxylic acids is 3. The van der Waals surface area contributed by atoms with E-state index in [0.29, 0.717) is 35.3 Å². The number of nitrogens with zero attached hydrogens (tertiary/aromatic N) is 4. The standard InChI is InChI=1S/C18H22N6O3S/c1-3-23-15(9-8-14(19)25)21-22-18(23)28-11(2)17(27)24-10-16(26)20-12-6-4-5-7-13(12)24/h4-7,11H,3,8-10H2,1-2H3,(H2,19,25)(H,20,26)/t11-/m0/s1. The molecule has 0 aliphatic carbocycles. The Morgan fingerprint density at radius 3 is 2.79 bits per heavy atom. The van der Waals surface area contributed by atoms with Crippen LogP contribution in [0.1, 0.15) is 26.1 Å². The Kier molecular flexibility index (Phi) is 5.98. The zero-order valence-electron chi connectivity index (χ0n) is 15.7. The van der Waals surface area contributed by atoms with Crippen LogP contribution in [0.4, 0.5) is 11.4 Å². The van der Waals surface area contributed by atoms with Crippen LogP contribution in [0, 0.1) is 0 Å². The Morgan fingerprint density at radius 2 is 2.07 bits per heavy atom. The number of para-hydroxylation sites is 2. The van der Waals surface area contributed by atoms with Crippen LogP contribution < -0.4 is 16.0 Å². The number of benzene rings is 1. The van der Waals surface area contributed by atoms with Crippen LogP contribution in [-0.2, 0) is 27.3 Å². The minimum atomic E-state index is -0.475. The molecule has 2 heterocycles. The van der Waals surface area contributed by atoms with Crippen molar-refractivity contribution in [1.82, 2.24) is 14.8 Å². The molecule has 3 rings (SSSR count). The molecule has 148 valence electrons. The Labute approximate surface area is 166 Å². The number of fused-ring (bicyclic) bond motifs is 1. The molecule has 0 saturated heterocycles. The number of rotatable bonds is 7. The Morgan fingerprint density at radius 1 is 1.32 bits per heavy atom. The second kappa shape index (κ2) is 8.42. The number of nitrogens with two attached hydrogens (primary N) is 1. The summed E-state index contributed by atoms with van der Waals surface area (Å²) in [4.78, 5) is 37.5. The Hall–Kier alpha value is -2.88. The lowest BCUT2D eigenvalue weighted by atomic mass is 10.2. The molecule has 0 spiro atoms. The average molecular weight is 402 g/mol. The quantitative estimate of drug-likeness (QED) is 0.671. The first kappa shape index (κ1) is 19.9. The van der Waals surface area contributed by atoms with Crippen LogP contribution >= 0.6 is 11.8 Å². The molecule has 0 saturated carbocycles. The van der Waals surface area contributed by atoms with Gasteiger partial charge in [-0.15, -0.1) is 10.2 Å². The molecule has 9 nitrogen and oxygen atoms in total. The van der Waals surface area contributed by atoms with Gasteiger partial charge in [0.25, 0.3) is 0 Å². The molecule has 2 aromatic rings. The van der Waals surface area contributed by atoms with Gasteiger partial charge in [0.1, 0.15) is 12.4 Å². The van der Waals surface area contributed by atoms with E-state index in [0.717, 1.165) is 0 Å². The number of primary amides is 1. The highest BCUT2D eigenvalue weighted by Gasteiger charge is 2.31. The van der Waals surface area contributed by atoms with E-state index in [-0.39, 0.29) is 24.8 Å². The fourth-order valence-corrected chi connectivity index (χ4v) is 4.00. The molecular formula is C18H22N6O3S. The molecule has 1 aromatic carbocycles. The van der Waals surface area contributed by atoms with Crippen molar-refractivity contribution in [2.75, 3.05) is 16.8 Å². The Bertz CT molecular complexity index is 912. The maximum absolute atomic E-state index is 13.0. The molecule has 3 N–H and O–H groups in total. The third kappa shape index (κ3) is 4.16. The normalized spacial score (nSPS) is 14.4. The van der Waals surface area contributed by atoms with Crippen molar-refractivity contribution in [1.29, 1.82) is 0 Å². The van der Waals surface area contributed by atoms with E-state index in [1.807, 2.05) is 23.6 Å². The summed E-state index contributed by atoms with van der Waals surface area (Å²) in [6.07, 6.45) is 0.593. The molecule has 1 aliphatic heterocycles. The number of aromatic nitrogens is 3. The van der Waals surface area contributed by atoms with Crippen molar-refractivity contribution < 1.29 is 14.4 Å². The number of hydrogen-bond donors (Lipinski definition) is 2. The Balaban J connectivity index is 1.76. The molecule has 28 heavy (non-hydrogen) atoms. The topological polar surface area (TPSA) is 123 Å². The van der Waals surface area contributed by atoms with E-state index < -0.39 is 11.2 Å². The van der Waals surface area contributed by atoms with E-state index in [1.54, 1.807) is 19.1 Å². The lowest BCUT2D eigenvalue weighted by Gasteiger charge is -2.30. The molecule has 10 heteroatoms. The van der Waals surface area contributed by atoms with Crippen LogP contribution in [0.25, 0.3) is 0 Å². The number of thioether (sulfide) groups is 1. The third-order valence-electron chi connectivity index (χ3n) is 4.37. The minimum absolute atomic E-state index is 0.0227. The molecule has 3 amide bonds. The van der Waals surface area contributed by atoms with E-state index in [2.05, 4.69) is 15.5 Å². The predicted octanol–water partition coefficient (Wildman–Crippen LogP) is 1.18. The van der Waals surface area contributed by atoms with E-state index in [1.165, 1.54) is 16.7 Å².